The molecule has 0 aliphatic carbocycles. The van der Waals surface area contributed by atoms with E-state index in [1.54, 1.807) is 7.11 Å². The zero-order valence-corrected chi connectivity index (χ0v) is 14.4. The summed E-state index contributed by atoms with van der Waals surface area (Å²) >= 11 is 0. The fourth-order valence-corrected chi connectivity index (χ4v) is 3.54. The van der Waals surface area contributed by atoms with Crippen molar-refractivity contribution < 1.29 is 14.6 Å². The number of aliphatic hydroxyl groups is 1. The lowest BCUT2D eigenvalue weighted by Crippen LogP contribution is -2.56. The van der Waals surface area contributed by atoms with Gasteiger partial charge in [-0.1, -0.05) is 24.3 Å². The number of morpholine rings is 1. The molecule has 132 valence electrons. The molecule has 0 unspecified atom stereocenters. The summed E-state index contributed by atoms with van der Waals surface area (Å²) in [6.45, 7) is 6.12. The van der Waals surface area contributed by atoms with Crippen LogP contribution in [0, 0.1) is 0 Å². The van der Waals surface area contributed by atoms with Crippen molar-refractivity contribution in [3.05, 3.63) is 35.9 Å². The summed E-state index contributed by atoms with van der Waals surface area (Å²) in [5.74, 6) is 0.875. The number of methoxy groups -OCH3 is 1. The lowest BCUT2D eigenvalue weighted by Gasteiger charge is -2.42. The topological polar surface area (TPSA) is 45.2 Å². The number of hydrogen-bond donors (Lipinski definition) is 1. The molecule has 0 radical (unpaired) electrons. The number of β-amino-alcohol motifs (C(OH)–C–C–N with tert-alkyl or cyclic N) is 1. The third kappa shape index (κ3) is 4.57. The van der Waals surface area contributed by atoms with Gasteiger partial charge in [0.1, 0.15) is 5.75 Å². The highest BCUT2D eigenvalue weighted by Crippen LogP contribution is 2.19. The molecule has 5 nitrogen and oxygen atoms in total. The average Bonchev–Trinajstić information content (AvgIpc) is 2.63. The fraction of sp³-hybridized carbons (Fsp3) is 0.579. The Bertz CT molecular complexity index is 526. The Morgan fingerprint density at radius 1 is 1.21 bits per heavy atom. The van der Waals surface area contributed by atoms with Gasteiger partial charge in [-0.2, -0.15) is 0 Å². The molecule has 2 heterocycles. The van der Waals surface area contributed by atoms with E-state index < -0.39 is 0 Å². The molecule has 0 spiro atoms. The van der Waals surface area contributed by atoms with Gasteiger partial charge in [0, 0.05) is 38.8 Å². The fourth-order valence-electron chi connectivity index (χ4n) is 3.54. The van der Waals surface area contributed by atoms with Gasteiger partial charge in [-0.25, -0.2) is 0 Å². The molecule has 2 saturated heterocycles. The van der Waals surface area contributed by atoms with Crippen molar-refractivity contribution in [3.63, 3.8) is 0 Å². The third-order valence-electron chi connectivity index (χ3n) is 4.93. The van der Waals surface area contributed by atoms with Crippen molar-refractivity contribution in [1.29, 1.82) is 0 Å². The monoisotopic (exact) mass is 332 g/mol. The van der Waals surface area contributed by atoms with Crippen molar-refractivity contribution in [3.8, 4) is 5.75 Å². The minimum atomic E-state index is -0.272. The highest BCUT2D eigenvalue weighted by Gasteiger charge is 2.32. The van der Waals surface area contributed by atoms with Crippen LogP contribution in [0.5, 0.6) is 5.75 Å². The van der Waals surface area contributed by atoms with Crippen LogP contribution >= 0.6 is 0 Å². The standard InChI is InChI=1S/C19H28N2O3/c1-23-17-6-4-16(5-7-17)3-2-9-20-10-8-18(19(22)15-20)21-11-13-24-14-12-21/h2-7,18-19,22H,8-15H2,1H3/b3-2+/t18-,19-/m1/s1. The maximum absolute atomic E-state index is 10.5. The van der Waals surface area contributed by atoms with E-state index in [4.69, 9.17) is 9.47 Å². The van der Waals surface area contributed by atoms with Crippen LogP contribution in [-0.2, 0) is 4.74 Å². The Morgan fingerprint density at radius 3 is 2.62 bits per heavy atom. The minimum Gasteiger partial charge on any atom is -0.497 e. The van der Waals surface area contributed by atoms with Crippen molar-refractivity contribution >= 4 is 6.08 Å². The molecule has 1 N–H and O–H groups in total. The first-order valence-electron chi connectivity index (χ1n) is 8.79. The van der Waals surface area contributed by atoms with E-state index >= 15 is 0 Å². The first kappa shape index (κ1) is 17.4. The third-order valence-corrected chi connectivity index (χ3v) is 4.93. The van der Waals surface area contributed by atoms with E-state index in [0.29, 0.717) is 0 Å². The molecular formula is C19H28N2O3. The predicted octanol–water partition coefficient (Wildman–Crippen LogP) is 1.48. The smallest absolute Gasteiger partial charge is 0.118 e. The lowest BCUT2D eigenvalue weighted by molar-refractivity contribution is -0.0503. The molecule has 2 aliphatic heterocycles. The summed E-state index contributed by atoms with van der Waals surface area (Å²) in [5.41, 5.74) is 1.17. The van der Waals surface area contributed by atoms with Crippen LogP contribution in [0.4, 0.5) is 0 Å². The van der Waals surface area contributed by atoms with Crippen LogP contribution in [-0.4, -0.2) is 80.1 Å². The summed E-state index contributed by atoms with van der Waals surface area (Å²) in [5, 5.41) is 10.5. The van der Waals surface area contributed by atoms with Gasteiger partial charge >= 0.3 is 0 Å². The van der Waals surface area contributed by atoms with Crippen LogP contribution in [0.3, 0.4) is 0 Å². The Morgan fingerprint density at radius 2 is 1.96 bits per heavy atom. The molecule has 2 aliphatic rings. The van der Waals surface area contributed by atoms with Crippen LogP contribution in [0.1, 0.15) is 12.0 Å². The van der Waals surface area contributed by atoms with E-state index in [2.05, 4.69) is 34.1 Å². The normalized spacial score (nSPS) is 26.8. The predicted molar refractivity (Wildman–Crippen MR) is 95.3 cm³/mol. The number of likely N-dealkylation sites (tertiary alicyclic amines) is 1. The second-order valence-electron chi connectivity index (χ2n) is 6.51. The Balaban J connectivity index is 1.46. The Hall–Kier alpha value is -1.40. The lowest BCUT2D eigenvalue weighted by atomic mass is 9.99. The molecular weight excluding hydrogens is 304 g/mol. The van der Waals surface area contributed by atoms with Gasteiger partial charge in [-0.05, 0) is 24.1 Å². The molecule has 0 amide bonds. The van der Waals surface area contributed by atoms with Gasteiger partial charge < -0.3 is 14.6 Å². The van der Waals surface area contributed by atoms with Crippen LogP contribution in [0.15, 0.2) is 30.3 Å². The van der Waals surface area contributed by atoms with E-state index in [1.807, 2.05) is 12.1 Å². The summed E-state index contributed by atoms with van der Waals surface area (Å²) in [6.07, 6.45) is 5.05. The number of aliphatic hydroxyl groups excluding tert-OH is 1. The highest BCUT2D eigenvalue weighted by atomic mass is 16.5. The van der Waals surface area contributed by atoms with Crippen molar-refractivity contribution in [1.82, 2.24) is 9.80 Å². The summed E-state index contributed by atoms with van der Waals surface area (Å²) < 4.78 is 10.6. The zero-order valence-electron chi connectivity index (χ0n) is 14.4. The average molecular weight is 332 g/mol. The van der Waals surface area contributed by atoms with Crippen molar-refractivity contribution in [2.75, 3.05) is 53.0 Å². The first-order valence-corrected chi connectivity index (χ1v) is 8.79. The Labute approximate surface area is 144 Å². The minimum absolute atomic E-state index is 0.272. The summed E-state index contributed by atoms with van der Waals surface area (Å²) in [7, 11) is 1.68. The van der Waals surface area contributed by atoms with Gasteiger partial charge in [-0.3, -0.25) is 9.80 Å². The molecule has 2 atom stereocenters. The number of hydrogen-bond acceptors (Lipinski definition) is 5. The van der Waals surface area contributed by atoms with E-state index in [1.165, 1.54) is 5.56 Å². The van der Waals surface area contributed by atoms with Gasteiger partial charge in [0.2, 0.25) is 0 Å². The van der Waals surface area contributed by atoms with Crippen LogP contribution in [0.2, 0.25) is 0 Å². The maximum Gasteiger partial charge on any atom is 0.118 e. The summed E-state index contributed by atoms with van der Waals surface area (Å²) in [4.78, 5) is 4.71. The number of benzene rings is 1. The van der Waals surface area contributed by atoms with Gasteiger partial charge in [0.25, 0.3) is 0 Å². The largest absolute Gasteiger partial charge is 0.497 e. The van der Waals surface area contributed by atoms with Crippen molar-refractivity contribution in [2.24, 2.45) is 0 Å². The van der Waals surface area contributed by atoms with E-state index in [0.717, 1.165) is 58.1 Å². The quantitative estimate of drug-likeness (QED) is 0.885. The molecule has 1 aromatic carbocycles. The SMILES string of the molecule is COc1ccc(/C=C/CN2CC[C@@H](N3CCOCC3)[C@H](O)C2)cc1. The number of ether oxygens (including phenoxy) is 2. The van der Waals surface area contributed by atoms with Gasteiger partial charge in [0.15, 0.2) is 0 Å². The Kier molecular flexibility index (Phi) is 6.26. The van der Waals surface area contributed by atoms with Gasteiger partial charge in [-0.15, -0.1) is 0 Å². The molecule has 24 heavy (non-hydrogen) atoms. The first-order chi connectivity index (χ1) is 11.8. The van der Waals surface area contributed by atoms with Crippen LogP contribution in [0.25, 0.3) is 6.08 Å². The zero-order chi connectivity index (χ0) is 16.8. The molecule has 5 heteroatoms. The number of piperidine rings is 1. The summed E-state index contributed by atoms with van der Waals surface area (Å²) in [6, 6.07) is 8.33. The van der Waals surface area contributed by atoms with E-state index in [9.17, 15) is 5.11 Å². The van der Waals surface area contributed by atoms with E-state index in [-0.39, 0.29) is 12.1 Å². The molecule has 2 fully saturated rings. The van der Waals surface area contributed by atoms with Crippen LogP contribution < -0.4 is 4.74 Å². The number of rotatable bonds is 5. The highest BCUT2D eigenvalue weighted by molar-refractivity contribution is 5.50. The molecule has 0 saturated carbocycles. The second kappa shape index (κ2) is 8.62. The van der Waals surface area contributed by atoms with Gasteiger partial charge in [0.05, 0.1) is 26.4 Å². The number of nitrogens with zero attached hydrogens (tertiary/aromatic N) is 2. The molecule has 3 rings (SSSR count). The second-order valence-corrected chi connectivity index (χ2v) is 6.51. The maximum atomic E-state index is 10.5. The molecule has 0 bridgehead atoms. The molecule has 1 aromatic rings. The van der Waals surface area contributed by atoms with Crippen molar-refractivity contribution in [2.45, 2.75) is 18.6 Å². The molecule has 0 aromatic heterocycles.